The van der Waals surface area contributed by atoms with Crippen molar-refractivity contribution < 1.29 is 4.43 Å². The summed E-state index contributed by atoms with van der Waals surface area (Å²) in [5.74, 6) is 1.48. The van der Waals surface area contributed by atoms with Crippen LogP contribution in [0.15, 0.2) is 41.9 Å². The molecule has 1 unspecified atom stereocenters. The summed E-state index contributed by atoms with van der Waals surface area (Å²) in [6.45, 7) is 6.33. The predicted molar refractivity (Wildman–Crippen MR) is 81.8 cm³/mol. The van der Waals surface area contributed by atoms with Crippen molar-refractivity contribution in [1.29, 1.82) is 0 Å². The van der Waals surface area contributed by atoms with Gasteiger partial charge in [-0.25, -0.2) is 15.0 Å². The molecule has 0 saturated carbocycles. The molecule has 1 heterocycles. The molecule has 1 aromatic heterocycles. The zero-order chi connectivity index (χ0) is 14.4. The van der Waals surface area contributed by atoms with Crippen molar-refractivity contribution in [1.82, 2.24) is 15.0 Å². The van der Waals surface area contributed by atoms with E-state index in [1.807, 2.05) is 31.2 Å². The minimum Gasteiger partial charge on any atom is -0.547 e. The van der Waals surface area contributed by atoms with Gasteiger partial charge in [-0.2, -0.15) is 0 Å². The Kier molecular flexibility index (Phi) is 4.95. The Hall–Kier alpha value is -2.08. The van der Waals surface area contributed by atoms with E-state index in [1.54, 1.807) is 6.21 Å². The summed E-state index contributed by atoms with van der Waals surface area (Å²) in [5, 5.41) is 0. The van der Waals surface area contributed by atoms with Gasteiger partial charge in [-0.15, -0.1) is 0 Å². The van der Waals surface area contributed by atoms with E-state index in [0.717, 1.165) is 11.3 Å². The predicted octanol–water partition coefficient (Wildman–Crippen LogP) is 2.41. The van der Waals surface area contributed by atoms with Crippen LogP contribution in [0.4, 0.5) is 0 Å². The van der Waals surface area contributed by atoms with E-state index >= 15 is 0 Å². The van der Waals surface area contributed by atoms with Gasteiger partial charge in [-0.1, -0.05) is 18.2 Å². The fraction of sp³-hybridized carbons (Fsp3) is 0.286. The lowest BCUT2D eigenvalue weighted by Crippen LogP contribution is -2.13. The molecule has 0 amide bonds. The third kappa shape index (κ3) is 3.96. The monoisotopic (exact) mass is 286 g/mol. The maximum atomic E-state index is 5.94. The van der Waals surface area contributed by atoms with Crippen LogP contribution in [0.2, 0.25) is 13.1 Å². The first kappa shape index (κ1) is 14.3. The average molecular weight is 286 g/mol. The van der Waals surface area contributed by atoms with Gasteiger partial charge in [0.15, 0.2) is 5.82 Å². The molecule has 0 bridgehead atoms. The summed E-state index contributed by atoms with van der Waals surface area (Å²) in [7, 11) is -1.13. The second kappa shape index (κ2) is 6.90. The molecule has 0 aliphatic carbocycles. The topological polar surface area (TPSA) is 60.3 Å². The van der Waals surface area contributed by atoms with Crippen LogP contribution in [0.25, 0.3) is 0 Å². The zero-order valence-electron chi connectivity index (χ0n) is 11.9. The van der Waals surface area contributed by atoms with E-state index < -0.39 is 9.04 Å². The number of rotatable bonds is 5. The molecule has 2 aromatic rings. The van der Waals surface area contributed by atoms with Gasteiger partial charge < -0.3 is 4.43 Å². The van der Waals surface area contributed by atoms with Crippen LogP contribution >= 0.6 is 0 Å². The number of aromatic nitrogens is 3. The minimum absolute atomic E-state index is 0.00397. The molecule has 104 valence electrons. The summed E-state index contributed by atoms with van der Waals surface area (Å²) < 4.78 is 5.94. The smallest absolute Gasteiger partial charge is 0.229 e. The third-order valence-corrected chi connectivity index (χ3v) is 3.38. The quantitative estimate of drug-likeness (QED) is 0.625. The van der Waals surface area contributed by atoms with E-state index in [1.165, 1.54) is 12.7 Å². The van der Waals surface area contributed by atoms with Crippen molar-refractivity contribution >= 4 is 15.3 Å². The van der Waals surface area contributed by atoms with Crippen molar-refractivity contribution in [2.45, 2.75) is 26.1 Å². The van der Waals surface area contributed by atoms with Crippen molar-refractivity contribution in [3.05, 3.63) is 48.3 Å². The third-order valence-electron chi connectivity index (χ3n) is 2.66. The normalized spacial score (nSPS) is 12.8. The van der Waals surface area contributed by atoms with Crippen molar-refractivity contribution in [3.63, 3.8) is 0 Å². The molecule has 6 heteroatoms. The largest absolute Gasteiger partial charge is 0.547 e. The SMILES string of the molecule is CC(N=Cc1ncncn1)c1ccccc1O[SiH](C)C. The average Bonchev–Trinajstić information content (AvgIpc) is 2.46. The van der Waals surface area contributed by atoms with E-state index in [4.69, 9.17) is 4.43 Å². The number of aliphatic imine (C=N–C) groups is 1. The molecule has 20 heavy (non-hydrogen) atoms. The number of nitrogens with zero attached hydrogens (tertiary/aromatic N) is 4. The zero-order valence-corrected chi connectivity index (χ0v) is 13.0. The Bertz CT molecular complexity index is 574. The van der Waals surface area contributed by atoms with Gasteiger partial charge >= 0.3 is 0 Å². The van der Waals surface area contributed by atoms with Gasteiger partial charge in [0.1, 0.15) is 18.4 Å². The van der Waals surface area contributed by atoms with Crippen LogP contribution < -0.4 is 4.43 Å². The summed E-state index contributed by atoms with van der Waals surface area (Å²) in [6.07, 6.45) is 4.58. The number of hydrogen-bond donors (Lipinski definition) is 0. The highest BCUT2D eigenvalue weighted by Gasteiger charge is 2.11. The van der Waals surface area contributed by atoms with E-state index in [2.05, 4.69) is 33.0 Å². The molecule has 1 aromatic carbocycles. The van der Waals surface area contributed by atoms with Crippen molar-refractivity contribution in [3.8, 4) is 5.75 Å². The van der Waals surface area contributed by atoms with Crippen LogP contribution in [0.1, 0.15) is 24.4 Å². The lowest BCUT2D eigenvalue weighted by atomic mass is 10.1. The Balaban J connectivity index is 2.17. The highest BCUT2D eigenvalue weighted by atomic mass is 28.3. The molecular weight excluding hydrogens is 268 g/mol. The molecule has 2 rings (SSSR count). The Morgan fingerprint density at radius 3 is 2.60 bits per heavy atom. The van der Waals surface area contributed by atoms with Crippen molar-refractivity contribution in [2.75, 3.05) is 0 Å². The molecule has 1 atom stereocenters. The highest BCUT2D eigenvalue weighted by molar-refractivity contribution is 6.49. The van der Waals surface area contributed by atoms with Crippen molar-refractivity contribution in [2.24, 2.45) is 4.99 Å². The number of para-hydroxylation sites is 1. The molecule has 0 N–H and O–H groups in total. The fourth-order valence-electron chi connectivity index (χ4n) is 1.76. The Morgan fingerprint density at radius 2 is 1.90 bits per heavy atom. The van der Waals surface area contributed by atoms with Gasteiger partial charge in [0, 0.05) is 5.56 Å². The van der Waals surface area contributed by atoms with Gasteiger partial charge in [0.05, 0.1) is 12.3 Å². The summed E-state index contributed by atoms with van der Waals surface area (Å²) in [5.41, 5.74) is 1.08. The van der Waals surface area contributed by atoms with E-state index in [9.17, 15) is 0 Å². The highest BCUT2D eigenvalue weighted by Crippen LogP contribution is 2.27. The van der Waals surface area contributed by atoms with Crippen LogP contribution in [-0.4, -0.2) is 30.2 Å². The molecule has 0 fully saturated rings. The molecule has 0 spiro atoms. The second-order valence-corrected chi connectivity index (χ2v) is 6.99. The number of benzene rings is 1. The van der Waals surface area contributed by atoms with Crippen LogP contribution in [0.5, 0.6) is 5.75 Å². The van der Waals surface area contributed by atoms with Gasteiger partial charge in [-0.3, -0.25) is 4.99 Å². The summed E-state index contributed by atoms with van der Waals surface area (Å²) in [4.78, 5) is 16.3. The Labute approximate surface area is 120 Å². The van der Waals surface area contributed by atoms with Crippen LogP contribution in [0.3, 0.4) is 0 Å². The van der Waals surface area contributed by atoms with Gasteiger partial charge in [0.25, 0.3) is 0 Å². The number of hydrogen-bond acceptors (Lipinski definition) is 5. The first-order valence-corrected chi connectivity index (χ1v) is 9.35. The lowest BCUT2D eigenvalue weighted by molar-refractivity contribution is 0.563. The summed E-state index contributed by atoms with van der Waals surface area (Å²) in [6, 6.07) is 8.02. The Morgan fingerprint density at radius 1 is 1.20 bits per heavy atom. The molecule has 0 saturated heterocycles. The molecule has 0 radical (unpaired) electrons. The van der Waals surface area contributed by atoms with E-state index in [0.29, 0.717) is 5.82 Å². The maximum Gasteiger partial charge on any atom is 0.229 e. The maximum absolute atomic E-state index is 5.94. The fourth-order valence-corrected chi connectivity index (χ4v) is 2.48. The van der Waals surface area contributed by atoms with Gasteiger partial charge in [0.2, 0.25) is 9.04 Å². The molecule has 0 aliphatic rings. The van der Waals surface area contributed by atoms with Crippen LogP contribution in [-0.2, 0) is 0 Å². The van der Waals surface area contributed by atoms with Crippen LogP contribution in [0, 0.1) is 0 Å². The minimum atomic E-state index is -1.13. The standard InChI is InChI=1S/C14H18N4OSi/c1-11(16-8-14-17-9-15-10-18-14)12-6-4-5-7-13(12)19-20(2)3/h4-11,20H,1-3H3. The first-order valence-electron chi connectivity index (χ1n) is 6.57. The summed E-state index contributed by atoms with van der Waals surface area (Å²) >= 11 is 0. The lowest BCUT2D eigenvalue weighted by Gasteiger charge is -2.16. The molecular formula is C14H18N4OSi. The first-order chi connectivity index (χ1) is 9.66. The van der Waals surface area contributed by atoms with E-state index in [-0.39, 0.29) is 6.04 Å². The molecule has 5 nitrogen and oxygen atoms in total. The molecule has 0 aliphatic heterocycles. The van der Waals surface area contributed by atoms with Gasteiger partial charge in [-0.05, 0) is 26.1 Å². The second-order valence-electron chi connectivity index (χ2n) is 4.65.